The van der Waals surface area contributed by atoms with Crippen LogP contribution in [0.5, 0.6) is 0 Å². The van der Waals surface area contributed by atoms with Crippen LogP contribution in [0.2, 0.25) is 5.02 Å². The van der Waals surface area contributed by atoms with Crippen molar-refractivity contribution in [1.29, 1.82) is 0 Å². The minimum atomic E-state index is -0.954. The number of ether oxygens (including phenoxy) is 1. The van der Waals surface area contributed by atoms with Gasteiger partial charge in [-0.05, 0) is 74.4 Å². The van der Waals surface area contributed by atoms with Crippen LogP contribution in [0.25, 0.3) is 0 Å². The first-order valence-electron chi connectivity index (χ1n) is 12.0. The molecule has 7 nitrogen and oxygen atoms in total. The molecule has 4 rings (SSSR count). The maximum absolute atomic E-state index is 13.6. The summed E-state index contributed by atoms with van der Waals surface area (Å²) < 4.78 is 4.99. The molecule has 1 unspecified atom stereocenters. The molecule has 0 N–H and O–H groups in total. The van der Waals surface area contributed by atoms with E-state index >= 15 is 0 Å². The molecule has 1 atom stereocenters. The zero-order valence-electron chi connectivity index (χ0n) is 20.6. The van der Waals surface area contributed by atoms with Gasteiger partial charge in [-0.3, -0.25) is 14.4 Å². The van der Waals surface area contributed by atoms with Gasteiger partial charge in [0.2, 0.25) is 5.91 Å². The highest BCUT2D eigenvalue weighted by Crippen LogP contribution is 2.28. The van der Waals surface area contributed by atoms with Crippen LogP contribution in [0.4, 0.5) is 5.69 Å². The Morgan fingerprint density at radius 1 is 1.00 bits per heavy atom. The normalized spacial score (nSPS) is 15.1. The van der Waals surface area contributed by atoms with Gasteiger partial charge in [0.05, 0.1) is 24.3 Å². The molecule has 8 heteroatoms. The fourth-order valence-corrected chi connectivity index (χ4v) is 4.59. The summed E-state index contributed by atoms with van der Waals surface area (Å²) in [6, 6.07) is 19.6. The Balaban J connectivity index is 1.61. The molecule has 0 aliphatic carbocycles. The van der Waals surface area contributed by atoms with E-state index in [4.69, 9.17) is 16.3 Å². The molecule has 1 aliphatic heterocycles. The lowest BCUT2D eigenvalue weighted by Gasteiger charge is -2.28. The Morgan fingerprint density at radius 3 is 2.41 bits per heavy atom. The third kappa shape index (κ3) is 5.89. The van der Waals surface area contributed by atoms with Gasteiger partial charge in [0, 0.05) is 17.1 Å². The SMILES string of the molecule is CCOC(=O)c1ccc(N2C(=O)CC(N(CCc3cccc(Cl)c3)C(=O)c3cccc(C)c3)C2=O)cc1. The van der Waals surface area contributed by atoms with Crippen LogP contribution in [-0.2, 0) is 20.7 Å². The largest absolute Gasteiger partial charge is 0.462 e. The second-order valence-electron chi connectivity index (χ2n) is 8.80. The number of nitrogens with zero attached hydrogens (tertiary/aromatic N) is 2. The molecule has 1 aliphatic rings. The molecule has 190 valence electrons. The minimum Gasteiger partial charge on any atom is -0.462 e. The number of carbonyl (C=O) groups is 4. The van der Waals surface area contributed by atoms with E-state index in [0.29, 0.717) is 28.3 Å². The van der Waals surface area contributed by atoms with Crippen molar-refractivity contribution in [1.82, 2.24) is 4.90 Å². The minimum absolute atomic E-state index is 0.133. The number of aryl methyl sites for hydroxylation is 1. The first-order valence-corrected chi connectivity index (χ1v) is 12.4. The summed E-state index contributed by atoms with van der Waals surface area (Å²) >= 11 is 6.13. The summed E-state index contributed by atoms with van der Waals surface area (Å²) in [6.45, 7) is 4.07. The molecule has 1 saturated heterocycles. The first-order chi connectivity index (χ1) is 17.8. The van der Waals surface area contributed by atoms with Crippen LogP contribution < -0.4 is 4.90 Å². The molecule has 37 heavy (non-hydrogen) atoms. The fraction of sp³-hybridized carbons (Fsp3) is 0.241. The number of halogens is 1. The van der Waals surface area contributed by atoms with Crippen LogP contribution in [0.15, 0.2) is 72.8 Å². The second kappa shape index (κ2) is 11.4. The quantitative estimate of drug-likeness (QED) is 0.314. The van der Waals surface area contributed by atoms with Gasteiger partial charge in [0.15, 0.2) is 0 Å². The van der Waals surface area contributed by atoms with Crippen molar-refractivity contribution in [2.75, 3.05) is 18.1 Å². The molecule has 0 spiro atoms. The van der Waals surface area contributed by atoms with E-state index in [1.165, 1.54) is 29.2 Å². The van der Waals surface area contributed by atoms with Gasteiger partial charge in [-0.2, -0.15) is 0 Å². The molecular weight excluding hydrogens is 492 g/mol. The molecule has 3 amide bonds. The van der Waals surface area contributed by atoms with E-state index in [2.05, 4.69) is 0 Å². The summed E-state index contributed by atoms with van der Waals surface area (Å²) in [5, 5.41) is 0.582. The highest BCUT2D eigenvalue weighted by molar-refractivity contribution is 6.30. The zero-order chi connectivity index (χ0) is 26.5. The van der Waals surface area contributed by atoms with Crippen molar-refractivity contribution in [2.45, 2.75) is 32.7 Å². The van der Waals surface area contributed by atoms with Gasteiger partial charge < -0.3 is 9.64 Å². The number of amides is 3. The van der Waals surface area contributed by atoms with Gasteiger partial charge in [0.25, 0.3) is 11.8 Å². The summed E-state index contributed by atoms with van der Waals surface area (Å²) in [5.74, 6) is -1.71. The van der Waals surface area contributed by atoms with E-state index in [0.717, 1.165) is 16.0 Å². The topological polar surface area (TPSA) is 84.0 Å². The van der Waals surface area contributed by atoms with Crippen LogP contribution in [-0.4, -0.2) is 47.8 Å². The Morgan fingerprint density at radius 2 is 1.73 bits per heavy atom. The van der Waals surface area contributed by atoms with Crippen molar-refractivity contribution >= 4 is 41.0 Å². The number of hydrogen-bond donors (Lipinski definition) is 0. The van der Waals surface area contributed by atoms with Gasteiger partial charge in [0.1, 0.15) is 6.04 Å². The molecular formula is C29H27ClN2O5. The number of hydrogen-bond acceptors (Lipinski definition) is 5. The van der Waals surface area contributed by atoms with Gasteiger partial charge in [-0.15, -0.1) is 0 Å². The maximum Gasteiger partial charge on any atom is 0.338 e. The molecule has 0 bridgehead atoms. The van der Waals surface area contributed by atoms with Crippen LogP contribution in [0.3, 0.4) is 0 Å². The van der Waals surface area contributed by atoms with Crippen molar-refractivity contribution < 1.29 is 23.9 Å². The first kappa shape index (κ1) is 26.1. The lowest BCUT2D eigenvalue weighted by atomic mass is 10.1. The number of benzene rings is 3. The van der Waals surface area contributed by atoms with Gasteiger partial charge in [-0.25, -0.2) is 9.69 Å². The third-order valence-electron chi connectivity index (χ3n) is 6.19. The van der Waals surface area contributed by atoms with E-state index < -0.39 is 23.8 Å². The molecule has 1 fully saturated rings. The van der Waals surface area contributed by atoms with Crippen molar-refractivity contribution in [3.8, 4) is 0 Å². The van der Waals surface area contributed by atoms with Crippen molar-refractivity contribution in [3.05, 3.63) is 100 Å². The highest BCUT2D eigenvalue weighted by atomic mass is 35.5. The van der Waals surface area contributed by atoms with E-state index in [-0.39, 0.29) is 25.5 Å². The standard InChI is InChI=1S/C29H27ClN2O5/c1-3-37-29(36)21-10-12-24(13-11-21)32-26(33)18-25(28(32)35)31(15-14-20-7-5-9-23(30)17-20)27(34)22-8-4-6-19(2)16-22/h4-13,16-17,25H,3,14-15,18H2,1-2H3. The lowest BCUT2D eigenvalue weighted by molar-refractivity contribution is -0.122. The van der Waals surface area contributed by atoms with E-state index in [1.54, 1.807) is 31.2 Å². The number of esters is 1. The van der Waals surface area contributed by atoms with Crippen LogP contribution >= 0.6 is 11.6 Å². The second-order valence-corrected chi connectivity index (χ2v) is 9.24. The average Bonchev–Trinajstić information content (AvgIpc) is 3.17. The van der Waals surface area contributed by atoms with Crippen LogP contribution in [0, 0.1) is 6.92 Å². The summed E-state index contributed by atoms with van der Waals surface area (Å²) in [6.07, 6.45) is 0.329. The molecule has 1 heterocycles. The number of anilines is 1. The van der Waals surface area contributed by atoms with E-state index in [1.807, 2.05) is 31.2 Å². The Hall–Kier alpha value is -3.97. The number of carbonyl (C=O) groups excluding carboxylic acids is 4. The monoisotopic (exact) mass is 518 g/mol. The Kier molecular flexibility index (Phi) is 8.04. The highest BCUT2D eigenvalue weighted by Gasteiger charge is 2.44. The average molecular weight is 519 g/mol. The Labute approximate surface area is 220 Å². The van der Waals surface area contributed by atoms with Crippen molar-refractivity contribution in [3.63, 3.8) is 0 Å². The lowest BCUT2D eigenvalue weighted by Crippen LogP contribution is -2.46. The van der Waals surface area contributed by atoms with Crippen LogP contribution in [0.1, 0.15) is 45.2 Å². The van der Waals surface area contributed by atoms with E-state index in [9.17, 15) is 19.2 Å². The third-order valence-corrected chi connectivity index (χ3v) is 6.43. The predicted molar refractivity (Wildman–Crippen MR) is 141 cm³/mol. The maximum atomic E-state index is 13.6. The van der Waals surface area contributed by atoms with Crippen molar-refractivity contribution in [2.24, 2.45) is 0 Å². The zero-order valence-corrected chi connectivity index (χ0v) is 21.4. The summed E-state index contributed by atoms with van der Waals surface area (Å²) in [5.41, 5.74) is 2.93. The number of rotatable bonds is 8. The summed E-state index contributed by atoms with van der Waals surface area (Å²) in [7, 11) is 0. The molecule has 3 aromatic carbocycles. The molecule has 3 aromatic rings. The Bertz CT molecular complexity index is 1340. The van der Waals surface area contributed by atoms with Gasteiger partial charge in [-0.1, -0.05) is 41.4 Å². The van der Waals surface area contributed by atoms with Gasteiger partial charge >= 0.3 is 5.97 Å². The smallest absolute Gasteiger partial charge is 0.338 e. The fourth-order valence-electron chi connectivity index (χ4n) is 4.38. The molecule has 0 radical (unpaired) electrons. The summed E-state index contributed by atoms with van der Waals surface area (Å²) in [4.78, 5) is 54.7. The number of imide groups is 1. The predicted octanol–water partition coefficient (Wildman–Crippen LogP) is 4.84. The molecule has 0 saturated carbocycles. The molecule has 0 aromatic heterocycles.